The molecule has 3 aromatic rings. The van der Waals surface area contributed by atoms with Crippen LogP contribution in [0.2, 0.25) is 0 Å². The third-order valence-electron chi connectivity index (χ3n) is 19.8. The highest BCUT2D eigenvalue weighted by molar-refractivity contribution is 5.91. The van der Waals surface area contributed by atoms with Gasteiger partial charge in [-0.3, -0.25) is 19.2 Å². The van der Waals surface area contributed by atoms with Crippen LogP contribution in [0.15, 0.2) is 66.7 Å². The standard InChI is InChI=1S/C25H36FN3O2.C24H38N2O2.C20H30N2O.4H2/c1-24(2,3)10-13-29-14-11-25(12-15-29)9-8-20(18-5-4-17(26)16-19(18)25)28-23(31)21-6-7-22(30)27-21;1-23(2,3)12-15-26-16-13-24(14-17-26)11-9-21(25-22(27)10-18-28-4)19-7-5-6-8-20(19)24;1-15(2)14-22-12-10-20(11-13-22)9-8-19(21-16(3)23)17-6-4-5-7-18(17)20;;;;/h4-5,16,20-21H,6-15H2,1-3H3,(H,27,30)(H,28,31);5-8,21H,9-18H2,1-4H3,(H,25,27);4-7,15,19H,8-14H2,1-3H3,(H,21,23);4*1H/t20-,21-;21-;19-;;;;/m010..../s1. The second-order valence-corrected chi connectivity index (χ2v) is 28.7. The molecule has 3 aliphatic carbocycles. The molecule has 4 saturated heterocycles. The van der Waals surface area contributed by atoms with Crippen molar-refractivity contribution in [1.82, 2.24) is 36.0 Å². The lowest BCUT2D eigenvalue weighted by molar-refractivity contribution is -0.126. The van der Waals surface area contributed by atoms with E-state index in [1.54, 1.807) is 20.1 Å². The van der Waals surface area contributed by atoms with Crippen molar-refractivity contribution in [2.24, 2.45) is 16.7 Å². The van der Waals surface area contributed by atoms with Crippen LogP contribution >= 0.6 is 0 Å². The number of methoxy groups -OCH3 is 1. The summed E-state index contributed by atoms with van der Waals surface area (Å²) in [5, 5.41) is 12.3. The Bertz CT molecular complexity index is 2640. The van der Waals surface area contributed by atoms with Gasteiger partial charge in [0.25, 0.3) is 0 Å². The Morgan fingerprint density at radius 2 is 1.09 bits per heavy atom. The molecule has 13 heteroatoms. The minimum Gasteiger partial charge on any atom is -0.384 e. The van der Waals surface area contributed by atoms with Gasteiger partial charge in [0.1, 0.15) is 11.9 Å². The number of rotatable bonds is 13. The van der Waals surface area contributed by atoms with Crippen LogP contribution in [0.5, 0.6) is 0 Å². The number of nitrogens with one attached hydrogen (secondary N) is 4. The van der Waals surface area contributed by atoms with Crippen LogP contribution in [0.1, 0.15) is 229 Å². The Morgan fingerprint density at radius 3 is 1.54 bits per heavy atom. The molecule has 3 spiro atoms. The fraction of sp³-hybridized carbons (Fsp3) is 0.681. The lowest BCUT2D eigenvalue weighted by Crippen LogP contribution is -2.48. The number of fused-ring (bicyclic) bond motifs is 6. The molecule has 0 aromatic heterocycles. The van der Waals surface area contributed by atoms with Gasteiger partial charge in [-0.05, 0) is 227 Å². The summed E-state index contributed by atoms with van der Waals surface area (Å²) in [5.74, 6) is 0.514. The third-order valence-corrected chi connectivity index (χ3v) is 19.8. The zero-order valence-electron chi connectivity index (χ0n) is 52.1. The third kappa shape index (κ3) is 16.4. The van der Waals surface area contributed by atoms with Crippen LogP contribution in [0, 0.1) is 22.6 Å². The van der Waals surface area contributed by atoms with Gasteiger partial charge in [-0.25, -0.2) is 4.39 Å². The molecule has 10 rings (SSSR count). The van der Waals surface area contributed by atoms with Crippen LogP contribution in [0.3, 0.4) is 0 Å². The van der Waals surface area contributed by atoms with E-state index in [0.717, 1.165) is 75.2 Å². The summed E-state index contributed by atoms with van der Waals surface area (Å²) in [7, 11) is 1.64. The number of nitrogens with zero attached hydrogens (tertiary/aromatic N) is 3. The maximum atomic E-state index is 14.3. The normalized spacial score (nSPS) is 24.0. The molecule has 4 amide bonds. The Balaban J connectivity index is 0.000000273. The average Bonchev–Trinajstić information content (AvgIpc) is 1.90. The van der Waals surface area contributed by atoms with Crippen molar-refractivity contribution in [2.75, 3.05) is 72.6 Å². The number of likely N-dealkylation sites (tertiary alicyclic amines) is 3. The zero-order valence-corrected chi connectivity index (χ0v) is 52.1. The van der Waals surface area contributed by atoms with Gasteiger partial charge in [-0.15, -0.1) is 0 Å². The van der Waals surface area contributed by atoms with Gasteiger partial charge in [0.05, 0.1) is 24.7 Å². The van der Waals surface area contributed by atoms with E-state index in [-0.39, 0.29) is 58.7 Å². The number of amides is 4. The number of hydrogen-bond donors (Lipinski definition) is 4. The van der Waals surface area contributed by atoms with E-state index in [0.29, 0.717) is 47.5 Å². The molecule has 4 atom stereocenters. The van der Waals surface area contributed by atoms with Crippen LogP contribution < -0.4 is 21.3 Å². The summed E-state index contributed by atoms with van der Waals surface area (Å²) in [5.41, 5.74) is 9.15. The highest BCUT2D eigenvalue weighted by atomic mass is 19.1. The molecule has 0 bridgehead atoms. The van der Waals surface area contributed by atoms with E-state index >= 15 is 0 Å². The molecule has 4 aliphatic heterocycles. The van der Waals surface area contributed by atoms with Crippen LogP contribution in [0.4, 0.5) is 4.39 Å². The average molecular weight is 1140 g/mol. The lowest BCUT2D eigenvalue weighted by atomic mass is 9.63. The van der Waals surface area contributed by atoms with Crippen molar-refractivity contribution < 1.29 is 34.0 Å². The monoisotopic (exact) mass is 1140 g/mol. The lowest BCUT2D eigenvalue weighted by Gasteiger charge is -2.47. The highest BCUT2D eigenvalue weighted by Gasteiger charge is 2.46. The number of piperidine rings is 3. The Morgan fingerprint density at radius 1 is 0.634 bits per heavy atom. The zero-order chi connectivity index (χ0) is 58.9. The Kier molecular flexibility index (Phi) is 21.3. The maximum absolute atomic E-state index is 14.3. The van der Waals surface area contributed by atoms with Crippen LogP contribution in [0.25, 0.3) is 0 Å². The number of halogens is 1. The van der Waals surface area contributed by atoms with Gasteiger partial charge < -0.3 is 40.7 Å². The molecule has 4 heterocycles. The molecule has 7 aliphatic rings. The van der Waals surface area contributed by atoms with Crippen molar-refractivity contribution in [3.8, 4) is 0 Å². The summed E-state index contributed by atoms with van der Waals surface area (Å²) in [6.45, 7) is 31.0. The van der Waals surface area contributed by atoms with E-state index in [9.17, 15) is 23.6 Å². The van der Waals surface area contributed by atoms with Crippen LogP contribution in [-0.4, -0.2) is 117 Å². The van der Waals surface area contributed by atoms with E-state index in [1.807, 2.05) is 6.07 Å². The first-order valence-corrected chi connectivity index (χ1v) is 31.8. The van der Waals surface area contributed by atoms with E-state index in [1.165, 1.54) is 119 Å². The number of carbonyl (C=O) groups is 4. The van der Waals surface area contributed by atoms with Crippen molar-refractivity contribution in [3.05, 3.63) is 106 Å². The Labute approximate surface area is 498 Å². The van der Waals surface area contributed by atoms with E-state index in [2.05, 4.69) is 140 Å². The smallest absolute Gasteiger partial charge is 0.243 e. The van der Waals surface area contributed by atoms with E-state index in [4.69, 9.17) is 4.74 Å². The topological polar surface area (TPSA) is 135 Å². The molecule has 0 radical (unpaired) electrons. The van der Waals surface area contributed by atoms with Crippen molar-refractivity contribution in [1.29, 1.82) is 0 Å². The number of ether oxygens (including phenoxy) is 1. The first kappa shape index (κ1) is 63.3. The molecule has 82 heavy (non-hydrogen) atoms. The van der Waals surface area contributed by atoms with Crippen molar-refractivity contribution in [2.45, 2.75) is 212 Å². The highest BCUT2D eigenvalue weighted by Crippen LogP contribution is 2.51. The minimum atomic E-state index is -0.446. The van der Waals surface area contributed by atoms with Gasteiger partial charge in [-0.2, -0.15) is 0 Å². The first-order chi connectivity index (χ1) is 39.0. The molecule has 4 N–H and O–H groups in total. The fourth-order valence-electron chi connectivity index (χ4n) is 14.9. The number of benzene rings is 3. The first-order valence-electron chi connectivity index (χ1n) is 31.8. The van der Waals surface area contributed by atoms with Crippen molar-refractivity contribution >= 4 is 23.6 Å². The molecule has 460 valence electrons. The predicted molar refractivity (Wildman–Crippen MR) is 336 cm³/mol. The SMILES string of the molecule is CC(=O)N[C@H]1CCC2(CCN(CC(C)C)CC2)c2ccccc21.CC(C)(C)CCN1CCC2(CC[C@H](NC(=O)[C@@H]3CCC(=O)N3)c3ccc(F)cc32)CC1.COCCC(=O)N[C@@H]1CCC2(CCN(CCC(C)(C)C)CC2)c2ccccc21.[HH].[HH].[HH].[HH]. The van der Waals surface area contributed by atoms with Gasteiger partial charge in [0, 0.05) is 39.1 Å². The number of carbonyl (C=O) groups excluding carboxylic acids is 4. The second kappa shape index (κ2) is 27.6. The van der Waals surface area contributed by atoms with Gasteiger partial charge >= 0.3 is 0 Å². The van der Waals surface area contributed by atoms with Crippen LogP contribution in [-0.2, 0) is 40.2 Å². The predicted octanol–water partition coefficient (Wildman–Crippen LogP) is 12.9. The molecule has 12 nitrogen and oxygen atoms in total. The van der Waals surface area contributed by atoms with Gasteiger partial charge in [0.2, 0.25) is 23.6 Å². The minimum absolute atomic E-state index is 0. The summed E-state index contributed by atoms with van der Waals surface area (Å²) < 4.78 is 19.3. The largest absolute Gasteiger partial charge is 0.384 e. The van der Waals surface area contributed by atoms with Gasteiger partial charge in [0.15, 0.2) is 0 Å². The van der Waals surface area contributed by atoms with E-state index < -0.39 is 6.04 Å². The fourth-order valence-corrected chi connectivity index (χ4v) is 14.9. The summed E-state index contributed by atoms with van der Waals surface area (Å²) in [6, 6.07) is 22.5. The summed E-state index contributed by atoms with van der Waals surface area (Å²) >= 11 is 0. The summed E-state index contributed by atoms with van der Waals surface area (Å²) in [4.78, 5) is 55.8. The molecule has 3 aromatic carbocycles. The molecular formula is C69H112FN7O5. The Hall–Kier alpha value is -4.69. The second-order valence-electron chi connectivity index (χ2n) is 28.7. The summed E-state index contributed by atoms with van der Waals surface area (Å²) in [6.07, 6.45) is 17.2. The van der Waals surface area contributed by atoms with Gasteiger partial charge in [-0.1, -0.05) is 110 Å². The molecule has 4 fully saturated rings. The van der Waals surface area contributed by atoms with Crippen molar-refractivity contribution in [3.63, 3.8) is 0 Å². The molecular weight excluding hydrogens is 1030 g/mol. The quantitative estimate of drug-likeness (QED) is 0.133. The maximum Gasteiger partial charge on any atom is 0.243 e. The molecule has 0 saturated carbocycles. The molecule has 0 unspecified atom stereocenters. The number of hydrogen-bond acceptors (Lipinski definition) is 8.